The van der Waals surface area contributed by atoms with Crippen LogP contribution in [0.15, 0.2) is 48.8 Å². The summed E-state index contributed by atoms with van der Waals surface area (Å²) >= 11 is 0. The average molecular weight is 263 g/mol. The van der Waals surface area contributed by atoms with Gasteiger partial charge in [-0.05, 0) is 42.7 Å². The van der Waals surface area contributed by atoms with E-state index in [0.717, 1.165) is 6.42 Å². The van der Waals surface area contributed by atoms with Crippen LogP contribution in [-0.2, 0) is 6.42 Å². The van der Waals surface area contributed by atoms with Gasteiger partial charge in [-0.2, -0.15) is 0 Å². The molecule has 0 spiro atoms. The molecule has 100 valence electrons. The number of hydrogen-bond acceptors (Lipinski definition) is 2. The lowest BCUT2D eigenvalue weighted by Crippen LogP contribution is -2.37. The lowest BCUT2D eigenvalue weighted by Gasteiger charge is -2.29. The molecule has 0 saturated heterocycles. The number of H-pyrrole nitrogens is 1. The molecule has 1 aromatic carbocycles. The monoisotopic (exact) mass is 263 g/mol. The molecule has 0 radical (unpaired) electrons. The molecule has 1 aliphatic rings. The van der Waals surface area contributed by atoms with Crippen molar-refractivity contribution in [1.82, 2.24) is 15.3 Å². The predicted molar refractivity (Wildman–Crippen MR) is 80.7 cm³/mol. The van der Waals surface area contributed by atoms with Gasteiger partial charge in [-0.3, -0.25) is 4.98 Å². The van der Waals surface area contributed by atoms with Gasteiger partial charge in [0.2, 0.25) is 0 Å². The smallest absolute Gasteiger partial charge is 0.0735 e. The highest BCUT2D eigenvalue weighted by Gasteiger charge is 2.28. The van der Waals surface area contributed by atoms with Crippen molar-refractivity contribution in [3.05, 3.63) is 65.6 Å². The van der Waals surface area contributed by atoms with Crippen molar-refractivity contribution >= 4 is 10.9 Å². The van der Waals surface area contributed by atoms with Crippen molar-refractivity contribution in [3.63, 3.8) is 0 Å². The zero-order valence-electron chi connectivity index (χ0n) is 11.4. The zero-order valence-corrected chi connectivity index (χ0v) is 11.4. The molecule has 0 bridgehead atoms. The molecule has 2 aromatic heterocycles. The van der Waals surface area contributed by atoms with Crippen LogP contribution >= 0.6 is 0 Å². The fraction of sp³-hybridized carbons (Fsp3) is 0.235. The molecular weight excluding hydrogens is 246 g/mol. The van der Waals surface area contributed by atoms with E-state index in [1.807, 2.05) is 12.4 Å². The van der Waals surface area contributed by atoms with Crippen LogP contribution in [0.2, 0.25) is 0 Å². The maximum atomic E-state index is 4.12. The Kier molecular flexibility index (Phi) is 2.60. The quantitative estimate of drug-likeness (QED) is 0.708. The highest BCUT2D eigenvalue weighted by Crippen LogP contribution is 2.34. The Morgan fingerprint density at radius 3 is 2.75 bits per heavy atom. The van der Waals surface area contributed by atoms with Gasteiger partial charge < -0.3 is 10.3 Å². The number of fused-ring (bicyclic) bond motifs is 3. The third-order valence-electron chi connectivity index (χ3n) is 4.14. The fourth-order valence-electron chi connectivity index (χ4n) is 3.24. The lowest BCUT2D eigenvalue weighted by molar-refractivity contribution is 0.460. The fourth-order valence-corrected chi connectivity index (χ4v) is 3.24. The number of aromatic amines is 1. The Morgan fingerprint density at radius 2 is 1.90 bits per heavy atom. The third-order valence-corrected chi connectivity index (χ3v) is 4.14. The Hall–Kier alpha value is -2.13. The van der Waals surface area contributed by atoms with Gasteiger partial charge in [0.25, 0.3) is 0 Å². The number of aromatic nitrogens is 2. The van der Waals surface area contributed by atoms with Gasteiger partial charge in [-0.15, -0.1) is 0 Å². The molecule has 0 aliphatic carbocycles. The van der Waals surface area contributed by atoms with Crippen molar-refractivity contribution < 1.29 is 0 Å². The first kappa shape index (κ1) is 11.7. The van der Waals surface area contributed by atoms with Crippen molar-refractivity contribution in [2.45, 2.75) is 25.4 Å². The zero-order chi connectivity index (χ0) is 13.5. The molecule has 20 heavy (non-hydrogen) atoms. The van der Waals surface area contributed by atoms with Gasteiger partial charge in [0, 0.05) is 35.0 Å². The summed E-state index contributed by atoms with van der Waals surface area (Å²) in [6, 6.07) is 13.4. The van der Waals surface area contributed by atoms with Crippen molar-refractivity contribution in [2.75, 3.05) is 0 Å². The molecule has 2 unspecified atom stereocenters. The molecule has 3 aromatic rings. The standard InChI is InChI=1S/C17H17N3/c1-11-10-14-13-4-2-3-5-15(13)20-17(14)16(19-11)12-6-8-18-9-7-12/h2-9,11,16,19-20H,10H2,1H3. The summed E-state index contributed by atoms with van der Waals surface area (Å²) in [5.74, 6) is 0. The summed E-state index contributed by atoms with van der Waals surface area (Å²) < 4.78 is 0. The number of pyridine rings is 1. The summed E-state index contributed by atoms with van der Waals surface area (Å²) in [6.07, 6.45) is 4.79. The Morgan fingerprint density at radius 1 is 1.10 bits per heavy atom. The molecule has 2 atom stereocenters. The minimum Gasteiger partial charge on any atom is -0.357 e. The minimum atomic E-state index is 0.226. The molecule has 0 fully saturated rings. The van der Waals surface area contributed by atoms with Gasteiger partial charge in [0.1, 0.15) is 0 Å². The van der Waals surface area contributed by atoms with E-state index in [1.54, 1.807) is 0 Å². The van der Waals surface area contributed by atoms with E-state index in [2.05, 4.69) is 58.6 Å². The van der Waals surface area contributed by atoms with Crippen LogP contribution in [0.25, 0.3) is 10.9 Å². The number of nitrogens with zero attached hydrogens (tertiary/aromatic N) is 1. The van der Waals surface area contributed by atoms with E-state index in [9.17, 15) is 0 Å². The van der Waals surface area contributed by atoms with Crippen LogP contribution in [-0.4, -0.2) is 16.0 Å². The second-order valence-corrected chi connectivity index (χ2v) is 5.55. The van der Waals surface area contributed by atoms with Gasteiger partial charge in [-0.25, -0.2) is 0 Å². The Balaban J connectivity index is 1.92. The second-order valence-electron chi connectivity index (χ2n) is 5.55. The van der Waals surface area contributed by atoms with Gasteiger partial charge in [0.15, 0.2) is 0 Å². The van der Waals surface area contributed by atoms with Crippen molar-refractivity contribution in [1.29, 1.82) is 0 Å². The van der Waals surface area contributed by atoms with E-state index >= 15 is 0 Å². The van der Waals surface area contributed by atoms with Crippen LogP contribution in [0, 0.1) is 0 Å². The van der Waals surface area contributed by atoms with Crippen LogP contribution in [0.1, 0.15) is 29.8 Å². The summed E-state index contributed by atoms with van der Waals surface area (Å²) in [4.78, 5) is 7.72. The molecule has 0 saturated carbocycles. The minimum absolute atomic E-state index is 0.226. The van der Waals surface area contributed by atoms with Crippen LogP contribution in [0.5, 0.6) is 0 Å². The Labute approximate surface area is 118 Å². The van der Waals surface area contributed by atoms with E-state index < -0.39 is 0 Å². The van der Waals surface area contributed by atoms with Gasteiger partial charge in [0.05, 0.1) is 6.04 Å². The van der Waals surface area contributed by atoms with E-state index in [0.29, 0.717) is 6.04 Å². The highest BCUT2D eigenvalue weighted by molar-refractivity contribution is 5.85. The van der Waals surface area contributed by atoms with Gasteiger partial charge >= 0.3 is 0 Å². The van der Waals surface area contributed by atoms with E-state index in [4.69, 9.17) is 0 Å². The van der Waals surface area contributed by atoms with Crippen molar-refractivity contribution in [3.8, 4) is 0 Å². The van der Waals surface area contributed by atoms with E-state index in [-0.39, 0.29) is 6.04 Å². The third kappa shape index (κ3) is 1.74. The molecule has 3 heteroatoms. The highest BCUT2D eigenvalue weighted by atomic mass is 15.0. The lowest BCUT2D eigenvalue weighted by atomic mass is 9.91. The van der Waals surface area contributed by atoms with E-state index in [1.165, 1.54) is 27.7 Å². The summed E-state index contributed by atoms with van der Waals surface area (Å²) in [5.41, 5.74) is 5.25. The molecule has 1 aliphatic heterocycles. The molecular formula is C17H17N3. The topological polar surface area (TPSA) is 40.7 Å². The first-order valence-electron chi connectivity index (χ1n) is 7.08. The molecule has 0 amide bonds. The van der Waals surface area contributed by atoms with Crippen LogP contribution in [0.3, 0.4) is 0 Å². The number of rotatable bonds is 1. The molecule has 4 rings (SSSR count). The van der Waals surface area contributed by atoms with Crippen LogP contribution < -0.4 is 5.32 Å². The number of hydrogen-bond donors (Lipinski definition) is 2. The summed E-state index contributed by atoms with van der Waals surface area (Å²) in [6.45, 7) is 2.25. The summed E-state index contributed by atoms with van der Waals surface area (Å²) in [7, 11) is 0. The second kappa shape index (κ2) is 4.46. The van der Waals surface area contributed by atoms with Crippen LogP contribution in [0.4, 0.5) is 0 Å². The SMILES string of the molecule is CC1Cc2c([nH]c3ccccc23)C(c2ccncc2)N1. The first-order valence-corrected chi connectivity index (χ1v) is 7.08. The predicted octanol–water partition coefficient (Wildman–Crippen LogP) is 3.19. The largest absolute Gasteiger partial charge is 0.357 e. The maximum Gasteiger partial charge on any atom is 0.0735 e. The molecule has 2 N–H and O–H groups in total. The number of para-hydroxylation sites is 1. The van der Waals surface area contributed by atoms with Crippen molar-refractivity contribution in [2.24, 2.45) is 0 Å². The molecule has 3 heterocycles. The molecule has 3 nitrogen and oxygen atoms in total. The van der Waals surface area contributed by atoms with Gasteiger partial charge in [-0.1, -0.05) is 18.2 Å². The first-order chi connectivity index (χ1) is 9.83. The average Bonchev–Trinajstić information content (AvgIpc) is 2.86. The Bertz CT molecular complexity index is 745. The normalized spacial score (nSPS) is 21.9. The maximum absolute atomic E-state index is 4.12. The number of nitrogens with one attached hydrogen (secondary N) is 2. The summed E-state index contributed by atoms with van der Waals surface area (Å²) in [5, 5.41) is 5.05. The number of benzene rings is 1.